The second kappa shape index (κ2) is 11.8. The molecule has 0 aliphatic heterocycles. The zero-order chi connectivity index (χ0) is 35.6. The predicted octanol–water partition coefficient (Wildman–Crippen LogP) is 11.5. The van der Waals surface area contributed by atoms with Crippen LogP contribution < -0.4 is 4.74 Å². The maximum atomic E-state index is 14.0. The van der Waals surface area contributed by atoms with Crippen molar-refractivity contribution in [2.45, 2.75) is 45.5 Å². The Balaban J connectivity index is 1.27. The standard InChI is InChI=1S/C39H30F6N4O/c1-23-16-31(38(40,41)42)36(32(17-23)39(43,44)45)24-21-47-48(22-24)26-8-7-9-27(19-26)50-28-12-13-30-29-10-5-6-11-33(29)49(34(30)20-28)35-18-25(14-15-46-35)37(2,3)4/h5-22H,1-4H3. The summed E-state index contributed by atoms with van der Waals surface area (Å²) in [6.07, 6.45) is -6.09. The van der Waals surface area contributed by atoms with Crippen molar-refractivity contribution in [3.8, 4) is 34.1 Å². The van der Waals surface area contributed by atoms with Crippen LogP contribution in [-0.4, -0.2) is 19.3 Å². The third-order valence-electron chi connectivity index (χ3n) is 8.57. The SMILES string of the molecule is Cc1cc(C(F)(F)F)c(-c2cnn(-c3cccc(Oc4ccc5c6ccccc6n(-c6cc(C(C)(C)C)ccn6)c5c4)c3)c2)c(C(F)(F)F)c1. The fourth-order valence-corrected chi connectivity index (χ4v) is 6.23. The molecule has 0 atom stereocenters. The second-order valence-electron chi connectivity index (χ2n) is 13.2. The van der Waals surface area contributed by atoms with Gasteiger partial charge in [-0.25, -0.2) is 9.67 Å². The van der Waals surface area contributed by atoms with Gasteiger partial charge in [-0.3, -0.25) is 4.57 Å². The lowest BCUT2D eigenvalue weighted by molar-refractivity contribution is -0.142. The maximum Gasteiger partial charge on any atom is 0.417 e. The Morgan fingerprint density at radius 3 is 2.06 bits per heavy atom. The van der Waals surface area contributed by atoms with Crippen LogP contribution in [0.3, 0.4) is 0 Å². The van der Waals surface area contributed by atoms with Crippen molar-refractivity contribution in [1.29, 1.82) is 0 Å². The average Bonchev–Trinajstić information content (AvgIpc) is 3.67. The number of alkyl halides is 6. The Hall–Kier alpha value is -5.58. The lowest BCUT2D eigenvalue weighted by Crippen LogP contribution is -2.14. The molecular formula is C39H30F6N4O. The highest BCUT2D eigenvalue weighted by atomic mass is 19.4. The van der Waals surface area contributed by atoms with Crippen LogP contribution in [0.1, 0.15) is 43.0 Å². The maximum absolute atomic E-state index is 14.0. The predicted molar refractivity (Wildman–Crippen MR) is 181 cm³/mol. The molecule has 0 saturated heterocycles. The van der Waals surface area contributed by atoms with E-state index in [1.165, 1.54) is 11.6 Å². The Morgan fingerprint density at radius 1 is 0.680 bits per heavy atom. The smallest absolute Gasteiger partial charge is 0.417 e. The highest BCUT2D eigenvalue weighted by molar-refractivity contribution is 6.09. The molecule has 7 aromatic rings. The number of benzene rings is 4. The average molecular weight is 685 g/mol. The van der Waals surface area contributed by atoms with Crippen molar-refractivity contribution in [2.75, 3.05) is 0 Å². The van der Waals surface area contributed by atoms with Gasteiger partial charge in [-0.05, 0) is 78.1 Å². The van der Waals surface area contributed by atoms with Gasteiger partial charge in [0.05, 0.1) is 34.0 Å². The van der Waals surface area contributed by atoms with Gasteiger partial charge in [0.15, 0.2) is 0 Å². The highest BCUT2D eigenvalue weighted by Crippen LogP contribution is 2.45. The minimum absolute atomic E-state index is 0.0908. The lowest BCUT2D eigenvalue weighted by Gasteiger charge is -2.20. The number of aromatic nitrogens is 4. The first-order valence-corrected chi connectivity index (χ1v) is 15.7. The van der Waals surface area contributed by atoms with Gasteiger partial charge in [0.25, 0.3) is 0 Å². The number of fused-ring (bicyclic) bond motifs is 3. The number of nitrogens with zero attached hydrogens (tertiary/aromatic N) is 4. The summed E-state index contributed by atoms with van der Waals surface area (Å²) in [4.78, 5) is 4.71. The number of halogens is 6. The van der Waals surface area contributed by atoms with Crippen molar-refractivity contribution >= 4 is 21.8 Å². The molecule has 7 rings (SSSR count). The van der Waals surface area contributed by atoms with Gasteiger partial charge in [0, 0.05) is 46.4 Å². The van der Waals surface area contributed by atoms with E-state index in [1.807, 2.05) is 42.5 Å². The molecule has 3 heterocycles. The molecule has 0 aliphatic carbocycles. The number of para-hydroxylation sites is 1. The molecule has 50 heavy (non-hydrogen) atoms. The Kier molecular flexibility index (Phi) is 7.77. The van der Waals surface area contributed by atoms with Crippen LogP contribution in [0.5, 0.6) is 11.5 Å². The Labute approximate surface area is 283 Å². The molecule has 0 spiro atoms. The number of pyridine rings is 1. The lowest BCUT2D eigenvalue weighted by atomic mass is 9.88. The molecule has 0 radical (unpaired) electrons. The number of ether oxygens (including phenoxy) is 1. The van der Waals surface area contributed by atoms with Crippen LogP contribution in [0.25, 0.3) is 44.4 Å². The molecule has 11 heteroatoms. The number of rotatable bonds is 5. The molecule has 3 aromatic heterocycles. The Bertz CT molecular complexity index is 2360. The largest absolute Gasteiger partial charge is 0.457 e. The molecule has 0 unspecified atom stereocenters. The molecule has 0 amide bonds. The van der Waals surface area contributed by atoms with E-state index in [0.29, 0.717) is 29.3 Å². The fourth-order valence-electron chi connectivity index (χ4n) is 6.23. The van der Waals surface area contributed by atoms with Crippen molar-refractivity contribution < 1.29 is 31.1 Å². The molecule has 0 bridgehead atoms. The summed E-state index contributed by atoms with van der Waals surface area (Å²) in [7, 11) is 0. The zero-order valence-corrected chi connectivity index (χ0v) is 27.4. The van der Waals surface area contributed by atoms with E-state index in [0.717, 1.165) is 45.6 Å². The van der Waals surface area contributed by atoms with E-state index in [-0.39, 0.29) is 16.5 Å². The summed E-state index contributed by atoms with van der Waals surface area (Å²) in [5.74, 6) is 1.65. The molecule has 4 aromatic carbocycles. The van der Waals surface area contributed by atoms with Crippen LogP contribution in [0.15, 0.2) is 110 Å². The van der Waals surface area contributed by atoms with Crippen LogP contribution in [0.2, 0.25) is 0 Å². The van der Waals surface area contributed by atoms with E-state index in [2.05, 4.69) is 42.6 Å². The van der Waals surface area contributed by atoms with Gasteiger partial charge in [-0.1, -0.05) is 45.0 Å². The minimum atomic E-state index is -5.02. The normalized spacial score (nSPS) is 12.6. The van der Waals surface area contributed by atoms with Gasteiger partial charge in [-0.15, -0.1) is 0 Å². The van der Waals surface area contributed by atoms with Crippen molar-refractivity contribution in [1.82, 2.24) is 19.3 Å². The first-order valence-electron chi connectivity index (χ1n) is 15.7. The topological polar surface area (TPSA) is 44.9 Å². The van der Waals surface area contributed by atoms with Crippen LogP contribution >= 0.6 is 0 Å². The van der Waals surface area contributed by atoms with Crippen molar-refractivity contribution in [3.05, 3.63) is 132 Å². The molecule has 5 nitrogen and oxygen atoms in total. The van der Waals surface area contributed by atoms with Gasteiger partial charge in [-0.2, -0.15) is 31.4 Å². The number of hydrogen-bond donors (Lipinski definition) is 0. The van der Waals surface area contributed by atoms with Crippen LogP contribution in [-0.2, 0) is 17.8 Å². The van der Waals surface area contributed by atoms with E-state index < -0.39 is 29.0 Å². The molecule has 0 saturated carbocycles. The minimum Gasteiger partial charge on any atom is -0.457 e. The first kappa shape index (κ1) is 32.9. The number of hydrogen-bond acceptors (Lipinski definition) is 3. The van der Waals surface area contributed by atoms with Gasteiger partial charge in [0.1, 0.15) is 17.3 Å². The molecule has 254 valence electrons. The van der Waals surface area contributed by atoms with Crippen LogP contribution in [0, 0.1) is 6.92 Å². The molecule has 0 aliphatic rings. The summed E-state index contributed by atoms with van der Waals surface area (Å²) in [6, 6.07) is 25.9. The fraction of sp³-hybridized carbons (Fsp3) is 0.179. The summed E-state index contributed by atoms with van der Waals surface area (Å²) >= 11 is 0. The first-order chi connectivity index (χ1) is 23.6. The van der Waals surface area contributed by atoms with Gasteiger partial charge < -0.3 is 4.74 Å². The summed E-state index contributed by atoms with van der Waals surface area (Å²) < 4.78 is 93.6. The van der Waals surface area contributed by atoms with E-state index in [4.69, 9.17) is 9.72 Å². The monoisotopic (exact) mass is 684 g/mol. The molecule has 0 N–H and O–H groups in total. The Morgan fingerprint density at radius 2 is 1.36 bits per heavy atom. The van der Waals surface area contributed by atoms with Crippen molar-refractivity contribution in [2.24, 2.45) is 0 Å². The zero-order valence-electron chi connectivity index (χ0n) is 27.4. The quantitative estimate of drug-likeness (QED) is 0.170. The van der Waals surface area contributed by atoms with Gasteiger partial charge in [0.2, 0.25) is 0 Å². The summed E-state index contributed by atoms with van der Waals surface area (Å²) in [6.45, 7) is 7.63. The van der Waals surface area contributed by atoms with E-state index >= 15 is 0 Å². The van der Waals surface area contributed by atoms with E-state index in [9.17, 15) is 26.3 Å². The number of aryl methyl sites for hydroxylation is 1. The van der Waals surface area contributed by atoms with Crippen LogP contribution in [0.4, 0.5) is 26.3 Å². The summed E-state index contributed by atoms with van der Waals surface area (Å²) in [5.41, 5.74) is -0.943. The van der Waals surface area contributed by atoms with Gasteiger partial charge >= 0.3 is 12.4 Å². The van der Waals surface area contributed by atoms with E-state index in [1.54, 1.807) is 30.5 Å². The van der Waals surface area contributed by atoms with Crippen molar-refractivity contribution in [3.63, 3.8) is 0 Å². The third kappa shape index (κ3) is 6.08. The summed E-state index contributed by atoms with van der Waals surface area (Å²) in [5, 5.41) is 6.18. The molecular weight excluding hydrogens is 654 g/mol. The third-order valence-corrected chi connectivity index (χ3v) is 8.57. The highest BCUT2D eigenvalue weighted by Gasteiger charge is 2.42. The second-order valence-corrected chi connectivity index (χ2v) is 13.2. The molecule has 0 fully saturated rings.